The second-order valence-corrected chi connectivity index (χ2v) is 6.13. The molecule has 4 nitrogen and oxygen atoms in total. The van der Waals surface area contributed by atoms with Gasteiger partial charge in [0.15, 0.2) is 5.60 Å². The molecule has 1 saturated heterocycles. The number of thioether (sulfide) groups is 1. The highest BCUT2D eigenvalue weighted by Gasteiger charge is 2.54. The van der Waals surface area contributed by atoms with Crippen LogP contribution < -0.4 is 5.32 Å². The second-order valence-electron chi connectivity index (χ2n) is 5.15. The minimum absolute atomic E-state index is 0.0154. The van der Waals surface area contributed by atoms with E-state index in [4.69, 9.17) is 0 Å². The average molecular weight is 314 g/mol. The van der Waals surface area contributed by atoms with Crippen LogP contribution in [0.4, 0.5) is 18.0 Å². The van der Waals surface area contributed by atoms with Crippen LogP contribution in [0.15, 0.2) is 0 Å². The molecule has 1 heterocycles. The predicted octanol–water partition coefficient (Wildman–Crippen LogP) is 2.23. The third-order valence-electron chi connectivity index (χ3n) is 3.53. The van der Waals surface area contributed by atoms with Gasteiger partial charge in [-0.2, -0.15) is 24.9 Å². The summed E-state index contributed by atoms with van der Waals surface area (Å²) in [6, 6.07) is -0.374. The number of piperidine rings is 1. The maximum atomic E-state index is 12.6. The fraction of sp³-hybridized carbons (Fsp3) is 0.917. The molecule has 2 amide bonds. The molecule has 0 aromatic rings. The van der Waals surface area contributed by atoms with Crippen molar-refractivity contribution in [1.29, 1.82) is 0 Å². The van der Waals surface area contributed by atoms with E-state index in [9.17, 15) is 23.1 Å². The lowest BCUT2D eigenvalue weighted by molar-refractivity contribution is -0.271. The third-order valence-corrected chi connectivity index (χ3v) is 4.17. The van der Waals surface area contributed by atoms with Crippen LogP contribution in [0.1, 0.15) is 26.2 Å². The van der Waals surface area contributed by atoms with E-state index in [0.29, 0.717) is 0 Å². The van der Waals surface area contributed by atoms with Gasteiger partial charge in [-0.1, -0.05) is 0 Å². The standard InChI is InChI=1S/C12H21F3N2O2S/c1-9(3-8-20-2)16-10(18)17-6-4-11(19,5-7-17)12(13,14)15/h9,19H,3-8H2,1-2H3,(H,16,18)/t9-/m0/s1. The first-order chi connectivity index (χ1) is 9.19. The van der Waals surface area contributed by atoms with Crippen LogP contribution in [0.2, 0.25) is 0 Å². The lowest BCUT2D eigenvalue weighted by Gasteiger charge is -2.39. The van der Waals surface area contributed by atoms with Gasteiger partial charge in [-0.25, -0.2) is 4.79 Å². The summed E-state index contributed by atoms with van der Waals surface area (Å²) >= 11 is 1.67. The zero-order valence-electron chi connectivity index (χ0n) is 11.7. The molecule has 1 aliphatic heterocycles. The number of carbonyl (C=O) groups excluding carboxylic acids is 1. The van der Waals surface area contributed by atoms with Gasteiger partial charge in [0.2, 0.25) is 0 Å². The van der Waals surface area contributed by atoms with E-state index in [2.05, 4.69) is 5.32 Å². The molecule has 0 bridgehead atoms. The molecule has 1 fully saturated rings. The number of urea groups is 1. The first-order valence-corrected chi connectivity index (χ1v) is 7.92. The van der Waals surface area contributed by atoms with E-state index in [1.54, 1.807) is 11.8 Å². The molecule has 0 saturated carbocycles. The van der Waals surface area contributed by atoms with Gasteiger partial charge in [-0.15, -0.1) is 0 Å². The zero-order chi connectivity index (χ0) is 15.4. The van der Waals surface area contributed by atoms with Gasteiger partial charge < -0.3 is 15.3 Å². The number of carbonyl (C=O) groups is 1. The number of halogens is 3. The Morgan fingerprint density at radius 3 is 2.45 bits per heavy atom. The molecule has 2 N–H and O–H groups in total. The summed E-state index contributed by atoms with van der Waals surface area (Å²) in [6.07, 6.45) is -2.79. The number of nitrogens with zero attached hydrogens (tertiary/aromatic N) is 1. The largest absolute Gasteiger partial charge is 0.417 e. The van der Waals surface area contributed by atoms with Gasteiger partial charge in [-0.3, -0.25) is 0 Å². The number of aliphatic hydroxyl groups is 1. The van der Waals surface area contributed by atoms with Crippen LogP contribution in [0.5, 0.6) is 0 Å². The molecule has 0 radical (unpaired) electrons. The Labute approximate surface area is 121 Å². The highest BCUT2D eigenvalue weighted by atomic mass is 32.2. The summed E-state index contributed by atoms with van der Waals surface area (Å²) in [7, 11) is 0. The lowest BCUT2D eigenvalue weighted by atomic mass is 9.91. The minimum Gasteiger partial charge on any atom is -0.380 e. The van der Waals surface area contributed by atoms with Crippen molar-refractivity contribution in [3.63, 3.8) is 0 Å². The van der Waals surface area contributed by atoms with Gasteiger partial charge in [-0.05, 0) is 25.4 Å². The molecule has 0 aliphatic carbocycles. The van der Waals surface area contributed by atoms with E-state index < -0.39 is 24.6 Å². The van der Waals surface area contributed by atoms with Crippen LogP contribution >= 0.6 is 11.8 Å². The summed E-state index contributed by atoms with van der Waals surface area (Å²) in [5.41, 5.74) is -2.66. The number of rotatable bonds is 4. The van der Waals surface area contributed by atoms with Gasteiger partial charge >= 0.3 is 12.2 Å². The number of alkyl halides is 3. The van der Waals surface area contributed by atoms with Crippen molar-refractivity contribution in [1.82, 2.24) is 10.2 Å². The van der Waals surface area contributed by atoms with Crippen molar-refractivity contribution in [2.75, 3.05) is 25.1 Å². The van der Waals surface area contributed by atoms with Crippen molar-refractivity contribution < 1.29 is 23.1 Å². The van der Waals surface area contributed by atoms with E-state index in [-0.39, 0.29) is 25.2 Å². The van der Waals surface area contributed by atoms with E-state index in [0.717, 1.165) is 12.2 Å². The summed E-state index contributed by atoms with van der Waals surface area (Å²) in [5, 5.41) is 12.3. The van der Waals surface area contributed by atoms with Crippen LogP contribution in [-0.2, 0) is 0 Å². The Balaban J connectivity index is 2.43. The Hall–Kier alpha value is -0.630. The van der Waals surface area contributed by atoms with E-state index >= 15 is 0 Å². The van der Waals surface area contributed by atoms with Crippen LogP contribution in [0, 0.1) is 0 Å². The number of amides is 2. The molecular formula is C12H21F3N2O2S. The molecule has 0 aromatic carbocycles. The lowest BCUT2D eigenvalue weighted by Crippen LogP contribution is -2.56. The smallest absolute Gasteiger partial charge is 0.380 e. The third kappa shape index (κ3) is 4.44. The van der Waals surface area contributed by atoms with Gasteiger partial charge in [0.05, 0.1) is 0 Å². The molecule has 8 heteroatoms. The maximum Gasteiger partial charge on any atom is 0.417 e. The molecule has 0 unspecified atom stereocenters. The van der Waals surface area contributed by atoms with Gasteiger partial charge in [0.25, 0.3) is 0 Å². The highest BCUT2D eigenvalue weighted by molar-refractivity contribution is 7.98. The Kier molecular flexibility index (Phi) is 6.00. The second kappa shape index (κ2) is 6.89. The SMILES string of the molecule is CSCC[C@H](C)NC(=O)N1CCC(O)(C(F)(F)F)CC1. The fourth-order valence-electron chi connectivity index (χ4n) is 2.03. The number of hydrogen-bond acceptors (Lipinski definition) is 3. The Bertz CT molecular complexity index is 331. The monoisotopic (exact) mass is 314 g/mol. The van der Waals surface area contributed by atoms with Crippen molar-refractivity contribution in [3.8, 4) is 0 Å². The highest BCUT2D eigenvalue weighted by Crippen LogP contribution is 2.38. The topological polar surface area (TPSA) is 52.6 Å². The van der Waals surface area contributed by atoms with Gasteiger partial charge in [0.1, 0.15) is 0 Å². The van der Waals surface area contributed by atoms with Crippen molar-refractivity contribution in [2.45, 2.75) is 44.0 Å². The van der Waals surface area contributed by atoms with Crippen molar-refractivity contribution in [2.24, 2.45) is 0 Å². The first kappa shape index (κ1) is 17.4. The van der Waals surface area contributed by atoms with Crippen LogP contribution in [0.3, 0.4) is 0 Å². The summed E-state index contributed by atoms with van der Waals surface area (Å²) < 4.78 is 37.9. The normalized spacial score (nSPS) is 20.6. The quantitative estimate of drug-likeness (QED) is 0.837. The molecule has 0 spiro atoms. The first-order valence-electron chi connectivity index (χ1n) is 6.53. The molecule has 1 aliphatic rings. The molecule has 20 heavy (non-hydrogen) atoms. The summed E-state index contributed by atoms with van der Waals surface area (Å²) in [4.78, 5) is 13.2. The number of likely N-dealkylation sites (tertiary alicyclic amines) is 1. The Morgan fingerprint density at radius 2 is 2.00 bits per heavy atom. The zero-order valence-corrected chi connectivity index (χ0v) is 12.5. The summed E-state index contributed by atoms with van der Waals surface area (Å²) in [5.74, 6) is 0.912. The van der Waals surface area contributed by atoms with Crippen LogP contribution in [0.25, 0.3) is 0 Å². The van der Waals surface area contributed by atoms with Gasteiger partial charge in [0, 0.05) is 32.0 Å². The van der Waals surface area contributed by atoms with E-state index in [1.807, 2.05) is 13.2 Å². The molecule has 1 atom stereocenters. The number of hydrogen-bond donors (Lipinski definition) is 2. The van der Waals surface area contributed by atoms with E-state index in [1.165, 1.54) is 4.90 Å². The minimum atomic E-state index is -4.64. The average Bonchev–Trinajstić information content (AvgIpc) is 2.35. The molecule has 1 rings (SSSR count). The number of nitrogens with one attached hydrogen (secondary N) is 1. The molecule has 0 aromatic heterocycles. The predicted molar refractivity (Wildman–Crippen MR) is 72.8 cm³/mol. The van der Waals surface area contributed by atoms with Crippen LogP contribution in [-0.4, -0.2) is 59.0 Å². The fourth-order valence-corrected chi connectivity index (χ4v) is 2.62. The Morgan fingerprint density at radius 1 is 1.45 bits per heavy atom. The molecular weight excluding hydrogens is 293 g/mol. The maximum absolute atomic E-state index is 12.6. The van der Waals surface area contributed by atoms with Crippen molar-refractivity contribution in [3.05, 3.63) is 0 Å². The van der Waals surface area contributed by atoms with Crippen molar-refractivity contribution >= 4 is 17.8 Å². The summed E-state index contributed by atoms with van der Waals surface area (Å²) in [6.45, 7) is 1.69. The molecule has 118 valence electrons.